The molecule has 2 aromatic heterocycles. The maximum absolute atomic E-state index is 5.37. The molecule has 0 atom stereocenters. The van der Waals surface area contributed by atoms with Crippen LogP contribution in [0.15, 0.2) is 17.5 Å². The minimum Gasteiger partial charge on any atom is -0.379 e. The zero-order valence-electron chi connectivity index (χ0n) is 10.2. The van der Waals surface area contributed by atoms with Crippen LogP contribution in [0.1, 0.15) is 5.69 Å². The highest BCUT2D eigenvalue weighted by Gasteiger charge is 2.12. The minimum absolute atomic E-state index is 0.888. The molecule has 0 unspecified atom stereocenters. The summed E-state index contributed by atoms with van der Waals surface area (Å²) in [7, 11) is 0. The zero-order valence-corrected chi connectivity index (χ0v) is 11.0. The third-order valence-corrected chi connectivity index (χ3v) is 4.40. The van der Waals surface area contributed by atoms with Gasteiger partial charge < -0.3 is 9.30 Å². The second-order valence-corrected chi connectivity index (χ2v) is 5.47. The molecular weight excluding hydrogens is 232 g/mol. The number of hydrogen-bond donors (Lipinski definition) is 0. The van der Waals surface area contributed by atoms with Crippen LogP contribution in [-0.2, 0) is 11.3 Å². The molecule has 0 spiro atoms. The van der Waals surface area contributed by atoms with Gasteiger partial charge in [0.15, 0.2) is 0 Å². The lowest BCUT2D eigenvalue weighted by molar-refractivity contribution is 0.0365. The highest BCUT2D eigenvalue weighted by molar-refractivity contribution is 7.16. The highest BCUT2D eigenvalue weighted by Crippen LogP contribution is 2.24. The molecule has 2 aromatic rings. The van der Waals surface area contributed by atoms with Crippen molar-refractivity contribution < 1.29 is 4.74 Å². The van der Waals surface area contributed by atoms with Crippen molar-refractivity contribution in [2.45, 2.75) is 13.5 Å². The van der Waals surface area contributed by atoms with Gasteiger partial charge in [-0.15, -0.1) is 11.3 Å². The fourth-order valence-corrected chi connectivity index (χ4v) is 3.42. The molecule has 0 aliphatic carbocycles. The Bertz CT molecular complexity index is 496. The van der Waals surface area contributed by atoms with E-state index in [1.165, 1.54) is 15.9 Å². The Labute approximate surface area is 106 Å². The molecule has 1 aliphatic rings. The van der Waals surface area contributed by atoms with E-state index in [1.807, 2.05) is 11.3 Å². The third kappa shape index (κ3) is 2.25. The second kappa shape index (κ2) is 4.80. The Kier molecular flexibility index (Phi) is 3.18. The maximum atomic E-state index is 5.37. The van der Waals surface area contributed by atoms with Crippen molar-refractivity contribution in [1.29, 1.82) is 0 Å². The number of aromatic nitrogens is 1. The van der Waals surface area contributed by atoms with Crippen molar-refractivity contribution in [3.63, 3.8) is 0 Å². The van der Waals surface area contributed by atoms with Gasteiger partial charge in [0.05, 0.1) is 13.2 Å². The average Bonchev–Trinajstić information content (AvgIpc) is 2.89. The quantitative estimate of drug-likeness (QED) is 0.832. The first-order chi connectivity index (χ1) is 8.34. The first-order valence-electron chi connectivity index (χ1n) is 6.18. The SMILES string of the molecule is Cc1cc2ccsc2n1CCN1CCOCC1. The molecular formula is C13H18N2OS. The zero-order chi connectivity index (χ0) is 11.7. The van der Waals surface area contributed by atoms with E-state index in [2.05, 4.69) is 33.9 Å². The Morgan fingerprint density at radius 3 is 2.94 bits per heavy atom. The van der Waals surface area contributed by atoms with Crippen molar-refractivity contribution in [2.24, 2.45) is 0 Å². The summed E-state index contributed by atoms with van der Waals surface area (Å²) in [4.78, 5) is 3.90. The van der Waals surface area contributed by atoms with Gasteiger partial charge in [-0.3, -0.25) is 4.90 Å². The lowest BCUT2D eigenvalue weighted by atomic mass is 10.4. The summed E-state index contributed by atoms with van der Waals surface area (Å²) in [5.74, 6) is 0. The van der Waals surface area contributed by atoms with E-state index in [-0.39, 0.29) is 0 Å². The normalized spacial score (nSPS) is 17.9. The van der Waals surface area contributed by atoms with E-state index in [4.69, 9.17) is 4.74 Å². The summed E-state index contributed by atoms with van der Waals surface area (Å²) in [6, 6.07) is 4.49. The van der Waals surface area contributed by atoms with Crippen molar-refractivity contribution in [1.82, 2.24) is 9.47 Å². The standard InChI is InChI=1S/C13H18N2OS/c1-11-10-12-2-9-17-13(12)15(11)4-3-14-5-7-16-8-6-14/h2,9-10H,3-8H2,1H3. The number of rotatable bonds is 3. The predicted octanol–water partition coefficient (Wildman–Crippen LogP) is 2.34. The van der Waals surface area contributed by atoms with Crippen LogP contribution in [0.25, 0.3) is 10.2 Å². The molecule has 0 saturated carbocycles. The highest BCUT2D eigenvalue weighted by atomic mass is 32.1. The van der Waals surface area contributed by atoms with E-state index in [1.54, 1.807) is 0 Å². The lowest BCUT2D eigenvalue weighted by Crippen LogP contribution is -2.38. The summed E-state index contributed by atoms with van der Waals surface area (Å²) in [6.07, 6.45) is 0. The summed E-state index contributed by atoms with van der Waals surface area (Å²) in [6.45, 7) is 8.35. The number of hydrogen-bond acceptors (Lipinski definition) is 3. The largest absolute Gasteiger partial charge is 0.379 e. The molecule has 17 heavy (non-hydrogen) atoms. The van der Waals surface area contributed by atoms with Crippen LogP contribution in [0.5, 0.6) is 0 Å². The molecule has 0 N–H and O–H groups in total. The maximum Gasteiger partial charge on any atom is 0.103 e. The molecule has 4 heteroatoms. The summed E-state index contributed by atoms with van der Waals surface area (Å²) in [5, 5.41) is 3.56. The number of nitrogens with zero attached hydrogens (tertiary/aromatic N) is 2. The molecule has 0 amide bonds. The van der Waals surface area contributed by atoms with Gasteiger partial charge in [0.25, 0.3) is 0 Å². The number of morpholine rings is 1. The smallest absolute Gasteiger partial charge is 0.103 e. The van der Waals surface area contributed by atoms with Gasteiger partial charge in [0, 0.05) is 37.3 Å². The van der Waals surface area contributed by atoms with E-state index in [0.29, 0.717) is 0 Å². The molecule has 3 nitrogen and oxygen atoms in total. The van der Waals surface area contributed by atoms with Crippen LogP contribution < -0.4 is 0 Å². The predicted molar refractivity (Wildman–Crippen MR) is 71.8 cm³/mol. The van der Waals surface area contributed by atoms with Gasteiger partial charge in [0.2, 0.25) is 0 Å². The molecule has 3 rings (SSSR count). The molecule has 1 aliphatic heterocycles. The number of fused-ring (bicyclic) bond motifs is 1. The van der Waals surface area contributed by atoms with Gasteiger partial charge in [0.1, 0.15) is 4.83 Å². The molecule has 92 valence electrons. The van der Waals surface area contributed by atoms with Crippen molar-refractivity contribution in [3.8, 4) is 0 Å². The molecule has 1 saturated heterocycles. The minimum atomic E-state index is 0.888. The van der Waals surface area contributed by atoms with Gasteiger partial charge in [-0.05, 0) is 24.4 Å². The summed E-state index contributed by atoms with van der Waals surface area (Å²) >= 11 is 1.84. The van der Waals surface area contributed by atoms with Crippen molar-refractivity contribution in [2.75, 3.05) is 32.8 Å². The Hall–Kier alpha value is -0.840. The van der Waals surface area contributed by atoms with E-state index < -0.39 is 0 Å². The van der Waals surface area contributed by atoms with Gasteiger partial charge in [-0.2, -0.15) is 0 Å². The van der Waals surface area contributed by atoms with Gasteiger partial charge in [-0.25, -0.2) is 0 Å². The Morgan fingerprint density at radius 1 is 1.29 bits per heavy atom. The number of aryl methyl sites for hydroxylation is 1. The lowest BCUT2D eigenvalue weighted by Gasteiger charge is -2.26. The van der Waals surface area contributed by atoms with Crippen LogP contribution in [0.2, 0.25) is 0 Å². The molecule has 0 aromatic carbocycles. The first kappa shape index (κ1) is 11.3. The fourth-order valence-electron chi connectivity index (χ4n) is 2.45. The Balaban J connectivity index is 1.71. The monoisotopic (exact) mass is 250 g/mol. The van der Waals surface area contributed by atoms with Crippen LogP contribution in [0, 0.1) is 6.92 Å². The molecule has 0 radical (unpaired) electrons. The summed E-state index contributed by atoms with van der Waals surface area (Å²) in [5.41, 5.74) is 1.38. The van der Waals surface area contributed by atoms with Gasteiger partial charge in [-0.1, -0.05) is 0 Å². The van der Waals surface area contributed by atoms with Crippen LogP contribution in [0.3, 0.4) is 0 Å². The van der Waals surface area contributed by atoms with Crippen molar-refractivity contribution in [3.05, 3.63) is 23.2 Å². The third-order valence-electron chi connectivity index (χ3n) is 3.45. The van der Waals surface area contributed by atoms with E-state index in [0.717, 1.165) is 39.4 Å². The summed E-state index contributed by atoms with van der Waals surface area (Å²) < 4.78 is 7.81. The van der Waals surface area contributed by atoms with E-state index in [9.17, 15) is 0 Å². The van der Waals surface area contributed by atoms with Crippen LogP contribution in [-0.4, -0.2) is 42.3 Å². The van der Waals surface area contributed by atoms with Crippen LogP contribution in [0.4, 0.5) is 0 Å². The average molecular weight is 250 g/mol. The fraction of sp³-hybridized carbons (Fsp3) is 0.538. The number of thiophene rings is 1. The topological polar surface area (TPSA) is 17.4 Å². The second-order valence-electron chi connectivity index (χ2n) is 4.57. The van der Waals surface area contributed by atoms with Crippen molar-refractivity contribution >= 4 is 21.6 Å². The van der Waals surface area contributed by atoms with Crippen LogP contribution >= 0.6 is 11.3 Å². The van der Waals surface area contributed by atoms with Gasteiger partial charge >= 0.3 is 0 Å². The Morgan fingerprint density at radius 2 is 2.12 bits per heavy atom. The molecule has 1 fully saturated rings. The van der Waals surface area contributed by atoms with E-state index >= 15 is 0 Å². The molecule has 0 bridgehead atoms. The molecule has 3 heterocycles. The first-order valence-corrected chi connectivity index (χ1v) is 7.06. The number of ether oxygens (including phenoxy) is 1.